The molecular formula is C27H32N8O. The van der Waals surface area contributed by atoms with Gasteiger partial charge in [-0.1, -0.05) is 0 Å². The fourth-order valence-electron chi connectivity index (χ4n) is 5.76. The van der Waals surface area contributed by atoms with Crippen molar-refractivity contribution >= 4 is 22.5 Å². The van der Waals surface area contributed by atoms with Crippen molar-refractivity contribution in [3.8, 4) is 6.07 Å². The summed E-state index contributed by atoms with van der Waals surface area (Å²) < 4.78 is 6.37. The lowest BCUT2D eigenvalue weighted by Crippen LogP contribution is -2.50. The van der Waals surface area contributed by atoms with Crippen LogP contribution in [0.3, 0.4) is 0 Å². The Morgan fingerprint density at radius 2 is 2.17 bits per heavy atom. The molecule has 1 aromatic carbocycles. The van der Waals surface area contributed by atoms with E-state index in [2.05, 4.69) is 55.5 Å². The molecule has 9 heteroatoms. The van der Waals surface area contributed by atoms with Gasteiger partial charge in [-0.3, -0.25) is 9.88 Å². The first-order valence-corrected chi connectivity index (χ1v) is 12.9. The average Bonchev–Trinajstić information content (AvgIpc) is 3.34. The molecule has 3 aromatic rings. The minimum atomic E-state index is 0.113. The van der Waals surface area contributed by atoms with Gasteiger partial charge in [-0.25, -0.2) is 9.97 Å². The molecule has 1 unspecified atom stereocenters. The average molecular weight is 485 g/mol. The fraction of sp³-hybridized carbons (Fsp3) is 0.481. The van der Waals surface area contributed by atoms with E-state index < -0.39 is 0 Å². The second kappa shape index (κ2) is 9.97. The smallest absolute Gasteiger partial charge is 0.223 e. The van der Waals surface area contributed by atoms with Gasteiger partial charge in [0.2, 0.25) is 5.95 Å². The van der Waals surface area contributed by atoms with E-state index in [4.69, 9.17) is 9.72 Å². The van der Waals surface area contributed by atoms with Crippen LogP contribution in [0.2, 0.25) is 0 Å². The third-order valence-corrected chi connectivity index (χ3v) is 7.41. The summed E-state index contributed by atoms with van der Waals surface area (Å²) in [5, 5.41) is 17.5. The van der Waals surface area contributed by atoms with E-state index in [1.807, 2.05) is 18.3 Å². The molecule has 0 aliphatic carbocycles. The number of rotatable bonds is 5. The number of hydrogen-bond acceptors (Lipinski definition) is 9. The predicted molar refractivity (Wildman–Crippen MR) is 139 cm³/mol. The van der Waals surface area contributed by atoms with Gasteiger partial charge in [-0.15, -0.1) is 0 Å². The minimum absolute atomic E-state index is 0.113. The van der Waals surface area contributed by atoms with Crippen molar-refractivity contribution in [1.29, 1.82) is 5.26 Å². The van der Waals surface area contributed by atoms with Gasteiger partial charge in [0.15, 0.2) is 0 Å². The summed E-state index contributed by atoms with van der Waals surface area (Å²) in [5.74, 6) is 0.748. The zero-order valence-electron chi connectivity index (χ0n) is 20.7. The van der Waals surface area contributed by atoms with Crippen molar-refractivity contribution in [2.75, 3.05) is 49.5 Å². The molecule has 3 aliphatic rings. The number of benzene rings is 1. The highest BCUT2D eigenvalue weighted by atomic mass is 16.5. The number of anilines is 2. The normalized spacial score (nSPS) is 24.4. The van der Waals surface area contributed by atoms with E-state index in [-0.39, 0.29) is 12.2 Å². The highest BCUT2D eigenvalue weighted by Gasteiger charge is 2.31. The summed E-state index contributed by atoms with van der Waals surface area (Å²) in [7, 11) is 0. The van der Waals surface area contributed by atoms with Gasteiger partial charge in [0.1, 0.15) is 6.07 Å². The van der Waals surface area contributed by atoms with Crippen LogP contribution < -0.4 is 15.5 Å². The third-order valence-electron chi connectivity index (χ3n) is 7.41. The van der Waals surface area contributed by atoms with Crippen molar-refractivity contribution in [2.24, 2.45) is 0 Å². The van der Waals surface area contributed by atoms with Gasteiger partial charge in [-0.2, -0.15) is 5.26 Å². The summed E-state index contributed by atoms with van der Waals surface area (Å²) in [5.41, 5.74) is 4.87. The molecule has 5 heterocycles. The second-order valence-corrected chi connectivity index (χ2v) is 10.1. The van der Waals surface area contributed by atoms with Crippen LogP contribution in [0.25, 0.3) is 10.9 Å². The molecule has 0 bridgehead atoms. The number of nitrogens with one attached hydrogen (secondary N) is 2. The molecule has 36 heavy (non-hydrogen) atoms. The first-order chi connectivity index (χ1) is 17.7. The van der Waals surface area contributed by atoms with E-state index in [0.717, 1.165) is 86.9 Å². The number of nitriles is 1. The molecule has 0 radical (unpaired) electrons. The molecule has 2 fully saturated rings. The zero-order valence-corrected chi connectivity index (χ0v) is 20.7. The van der Waals surface area contributed by atoms with Gasteiger partial charge in [0.25, 0.3) is 0 Å². The molecule has 2 saturated heterocycles. The number of pyridine rings is 1. The van der Waals surface area contributed by atoms with Crippen molar-refractivity contribution in [3.63, 3.8) is 0 Å². The van der Waals surface area contributed by atoms with Gasteiger partial charge in [0, 0.05) is 87.3 Å². The van der Waals surface area contributed by atoms with Gasteiger partial charge < -0.3 is 20.3 Å². The van der Waals surface area contributed by atoms with E-state index >= 15 is 0 Å². The molecule has 0 amide bonds. The fourth-order valence-corrected chi connectivity index (χ4v) is 5.76. The minimum Gasteiger partial charge on any atom is -0.370 e. The van der Waals surface area contributed by atoms with E-state index in [9.17, 15) is 5.26 Å². The summed E-state index contributed by atoms with van der Waals surface area (Å²) in [6.45, 7) is 8.50. The van der Waals surface area contributed by atoms with Crippen LogP contribution in [-0.2, 0) is 17.7 Å². The van der Waals surface area contributed by atoms with E-state index in [1.165, 1.54) is 5.56 Å². The molecule has 3 atom stereocenters. The number of likely N-dealkylation sites (tertiary alicyclic amines) is 1. The second-order valence-electron chi connectivity index (χ2n) is 10.1. The predicted octanol–water partition coefficient (Wildman–Crippen LogP) is 2.32. The Balaban J connectivity index is 1.10. The maximum absolute atomic E-state index is 9.50. The molecule has 9 nitrogen and oxygen atoms in total. The molecule has 3 aliphatic heterocycles. The standard InChI is InChI=1S/C27H32N8O/c1-18-14-35(25-5-4-19(11-28)26-23(25)3-2-8-30-26)17-22(36-18)16-34-10-7-21(15-34)32-27-31-13-20-12-29-9-6-24(20)33-27/h2-5,8,13,18,21-22,29H,6-7,9-10,12,14-17H2,1H3,(H,31,32,33)/t18-,21?,22+/m1/s1. The number of hydrogen-bond donors (Lipinski definition) is 2. The lowest BCUT2D eigenvalue weighted by Gasteiger charge is -2.40. The lowest BCUT2D eigenvalue weighted by atomic mass is 10.1. The molecule has 2 N–H and O–H groups in total. The summed E-state index contributed by atoms with van der Waals surface area (Å²) in [6, 6.07) is 10.6. The summed E-state index contributed by atoms with van der Waals surface area (Å²) in [6.07, 6.45) is 5.98. The Labute approximate surface area is 211 Å². The zero-order chi connectivity index (χ0) is 24.5. The van der Waals surface area contributed by atoms with Crippen molar-refractivity contribution in [3.05, 3.63) is 53.5 Å². The van der Waals surface area contributed by atoms with Crippen LogP contribution in [-0.4, -0.2) is 77.4 Å². The van der Waals surface area contributed by atoms with Crippen LogP contribution in [0.5, 0.6) is 0 Å². The monoisotopic (exact) mass is 484 g/mol. The van der Waals surface area contributed by atoms with Crippen LogP contribution in [0, 0.1) is 11.3 Å². The first kappa shape index (κ1) is 23.1. The van der Waals surface area contributed by atoms with Crippen molar-refractivity contribution < 1.29 is 4.74 Å². The van der Waals surface area contributed by atoms with E-state index in [0.29, 0.717) is 11.6 Å². The molecule has 0 saturated carbocycles. The summed E-state index contributed by atoms with van der Waals surface area (Å²) >= 11 is 0. The highest BCUT2D eigenvalue weighted by Crippen LogP contribution is 2.30. The lowest BCUT2D eigenvalue weighted by molar-refractivity contribution is -0.0294. The van der Waals surface area contributed by atoms with E-state index in [1.54, 1.807) is 6.20 Å². The third kappa shape index (κ3) is 4.72. The molecule has 0 spiro atoms. The summed E-state index contributed by atoms with van der Waals surface area (Å²) in [4.78, 5) is 18.7. The van der Waals surface area contributed by atoms with Crippen LogP contribution in [0.15, 0.2) is 36.7 Å². The first-order valence-electron chi connectivity index (χ1n) is 12.9. The molecule has 186 valence electrons. The molecule has 6 rings (SSSR count). The van der Waals surface area contributed by atoms with Gasteiger partial charge in [0.05, 0.1) is 29.0 Å². The topological polar surface area (TPSA) is 102 Å². The Kier molecular flexibility index (Phi) is 6.40. The number of morpholine rings is 1. The Morgan fingerprint density at radius 1 is 1.22 bits per heavy atom. The number of ether oxygens (including phenoxy) is 1. The van der Waals surface area contributed by atoms with Gasteiger partial charge in [-0.05, 0) is 37.6 Å². The van der Waals surface area contributed by atoms with Crippen LogP contribution in [0.1, 0.15) is 30.2 Å². The van der Waals surface area contributed by atoms with Gasteiger partial charge >= 0.3 is 0 Å². The maximum atomic E-state index is 9.50. The van der Waals surface area contributed by atoms with Crippen molar-refractivity contribution in [1.82, 2.24) is 25.2 Å². The Bertz CT molecular complexity index is 1290. The van der Waals surface area contributed by atoms with Crippen LogP contribution in [0.4, 0.5) is 11.6 Å². The number of aromatic nitrogens is 3. The maximum Gasteiger partial charge on any atom is 0.223 e. The quantitative estimate of drug-likeness (QED) is 0.565. The largest absolute Gasteiger partial charge is 0.370 e. The van der Waals surface area contributed by atoms with Crippen molar-refractivity contribution in [2.45, 2.75) is 44.6 Å². The molecular weight excluding hydrogens is 452 g/mol. The number of nitrogens with zero attached hydrogens (tertiary/aromatic N) is 6. The highest BCUT2D eigenvalue weighted by molar-refractivity contribution is 5.95. The number of fused-ring (bicyclic) bond motifs is 2. The molecule has 2 aromatic heterocycles. The SMILES string of the molecule is C[C@@H]1CN(c2ccc(C#N)c3ncccc23)C[C@H](CN2CCC(Nc3ncc4c(n3)CCNC4)C2)O1. The van der Waals surface area contributed by atoms with Crippen LogP contribution >= 0.6 is 0 Å². The Morgan fingerprint density at radius 3 is 3.08 bits per heavy atom. The Hall–Kier alpha value is -3.32.